The van der Waals surface area contributed by atoms with E-state index in [9.17, 15) is 9.59 Å². The number of carbonyl (C=O) groups is 2. The first-order valence-corrected chi connectivity index (χ1v) is 10.3. The van der Waals surface area contributed by atoms with Crippen molar-refractivity contribution >= 4 is 17.5 Å². The fraction of sp³-hybridized carbons (Fsp3) is 0.500. The Morgan fingerprint density at radius 3 is 2.71 bits per heavy atom. The van der Waals surface area contributed by atoms with Crippen LogP contribution in [0.2, 0.25) is 0 Å². The summed E-state index contributed by atoms with van der Waals surface area (Å²) in [6, 6.07) is 8.01. The summed E-state index contributed by atoms with van der Waals surface area (Å²) in [5.41, 5.74) is 3.80. The third-order valence-electron chi connectivity index (χ3n) is 6.40. The summed E-state index contributed by atoms with van der Waals surface area (Å²) in [4.78, 5) is 37.7. The molecule has 1 saturated heterocycles. The summed E-state index contributed by atoms with van der Waals surface area (Å²) in [5.74, 6) is 1.03. The molecule has 146 valence electrons. The molecule has 1 fully saturated rings. The zero-order valence-electron chi connectivity index (χ0n) is 16.5. The van der Waals surface area contributed by atoms with Crippen molar-refractivity contribution in [1.29, 1.82) is 0 Å². The number of aryl methyl sites for hydroxylation is 2. The minimum Gasteiger partial charge on any atom is -0.344 e. The Morgan fingerprint density at radius 1 is 1.21 bits per heavy atom. The van der Waals surface area contributed by atoms with Gasteiger partial charge >= 0.3 is 0 Å². The van der Waals surface area contributed by atoms with Gasteiger partial charge in [-0.3, -0.25) is 9.59 Å². The first-order chi connectivity index (χ1) is 13.5. The Morgan fingerprint density at radius 2 is 1.96 bits per heavy atom. The molecule has 2 amide bonds. The average Bonchev–Trinajstić information content (AvgIpc) is 3.17. The zero-order valence-corrected chi connectivity index (χ0v) is 16.5. The molecule has 2 aromatic rings. The highest BCUT2D eigenvalue weighted by Crippen LogP contribution is 2.48. The Hall–Kier alpha value is -2.63. The molecule has 3 aliphatic rings. The molecule has 28 heavy (non-hydrogen) atoms. The fourth-order valence-corrected chi connectivity index (χ4v) is 4.92. The Kier molecular flexibility index (Phi) is 3.86. The van der Waals surface area contributed by atoms with Crippen LogP contribution in [0.25, 0.3) is 0 Å². The van der Waals surface area contributed by atoms with Gasteiger partial charge in [-0.05, 0) is 37.3 Å². The van der Waals surface area contributed by atoms with Crippen LogP contribution in [0.5, 0.6) is 0 Å². The van der Waals surface area contributed by atoms with Crippen LogP contribution in [0, 0.1) is 5.92 Å². The van der Waals surface area contributed by atoms with Crippen molar-refractivity contribution in [3.63, 3.8) is 0 Å². The second-order valence-corrected chi connectivity index (χ2v) is 8.66. The highest BCUT2D eigenvalue weighted by molar-refractivity contribution is 6.10. The van der Waals surface area contributed by atoms with E-state index in [-0.39, 0.29) is 17.7 Å². The lowest BCUT2D eigenvalue weighted by molar-refractivity contribution is -0.146. The maximum absolute atomic E-state index is 13.5. The van der Waals surface area contributed by atoms with Gasteiger partial charge in [-0.2, -0.15) is 0 Å². The molecule has 6 nitrogen and oxygen atoms in total. The minimum atomic E-state index is -0.590. The van der Waals surface area contributed by atoms with Crippen LogP contribution in [-0.2, 0) is 34.4 Å². The highest BCUT2D eigenvalue weighted by atomic mass is 16.2. The van der Waals surface area contributed by atoms with E-state index in [1.807, 2.05) is 47.9 Å². The Labute approximate surface area is 164 Å². The predicted octanol–water partition coefficient (Wildman–Crippen LogP) is 2.57. The SMILES string of the molecule is CC(C)C(=O)N1CC2(C1)C(=O)N(Cc1nc3c([nH]1)CCCC3)c1ccccc12. The monoisotopic (exact) mass is 378 g/mol. The summed E-state index contributed by atoms with van der Waals surface area (Å²) in [6.45, 7) is 5.23. The fourth-order valence-electron chi connectivity index (χ4n) is 4.92. The van der Waals surface area contributed by atoms with Crippen molar-refractivity contribution in [2.75, 3.05) is 18.0 Å². The van der Waals surface area contributed by atoms with Crippen molar-refractivity contribution in [2.24, 2.45) is 5.92 Å². The normalized spacial score (nSPS) is 19.8. The van der Waals surface area contributed by atoms with E-state index >= 15 is 0 Å². The maximum Gasteiger partial charge on any atom is 0.241 e. The largest absolute Gasteiger partial charge is 0.344 e. The van der Waals surface area contributed by atoms with E-state index in [1.54, 1.807) is 0 Å². The molecule has 2 aliphatic heterocycles. The number of para-hydroxylation sites is 1. The smallest absolute Gasteiger partial charge is 0.241 e. The Bertz CT molecular complexity index is 932. The third-order valence-corrected chi connectivity index (χ3v) is 6.40. The Balaban J connectivity index is 1.44. The quantitative estimate of drug-likeness (QED) is 0.892. The molecule has 3 heterocycles. The molecular weight excluding hydrogens is 352 g/mol. The number of aromatic nitrogens is 2. The van der Waals surface area contributed by atoms with Crippen molar-refractivity contribution < 1.29 is 9.59 Å². The van der Waals surface area contributed by atoms with Crippen LogP contribution < -0.4 is 4.90 Å². The average molecular weight is 378 g/mol. The number of hydrogen-bond acceptors (Lipinski definition) is 3. The molecule has 1 spiro atoms. The van der Waals surface area contributed by atoms with Gasteiger partial charge in [0.05, 0.1) is 12.2 Å². The van der Waals surface area contributed by atoms with Crippen molar-refractivity contribution in [3.8, 4) is 0 Å². The molecule has 1 N–H and O–H groups in total. The first-order valence-electron chi connectivity index (χ1n) is 10.3. The first kappa shape index (κ1) is 17.5. The second-order valence-electron chi connectivity index (χ2n) is 8.66. The number of hydrogen-bond donors (Lipinski definition) is 1. The van der Waals surface area contributed by atoms with Gasteiger partial charge in [-0.25, -0.2) is 4.98 Å². The van der Waals surface area contributed by atoms with Crippen LogP contribution in [-0.4, -0.2) is 39.8 Å². The molecule has 0 saturated carbocycles. The van der Waals surface area contributed by atoms with Crippen molar-refractivity contribution in [1.82, 2.24) is 14.9 Å². The standard InChI is InChI=1S/C22H26N4O2/c1-14(2)20(27)25-12-22(13-25)15-7-3-6-10-18(15)26(21(22)28)11-19-23-16-8-4-5-9-17(16)24-19/h3,6-7,10,14H,4-5,8-9,11-13H2,1-2H3,(H,23,24). The van der Waals surface area contributed by atoms with Gasteiger partial charge in [0.15, 0.2) is 0 Å². The molecule has 0 bridgehead atoms. The number of H-pyrrole nitrogens is 1. The van der Waals surface area contributed by atoms with Gasteiger partial charge in [0.25, 0.3) is 0 Å². The van der Waals surface area contributed by atoms with Crippen molar-refractivity contribution in [2.45, 2.75) is 51.5 Å². The number of anilines is 1. The van der Waals surface area contributed by atoms with E-state index in [0.29, 0.717) is 19.6 Å². The van der Waals surface area contributed by atoms with Gasteiger partial charge in [0.1, 0.15) is 11.2 Å². The lowest BCUT2D eigenvalue weighted by atomic mass is 9.74. The van der Waals surface area contributed by atoms with Crippen LogP contribution in [0.15, 0.2) is 24.3 Å². The summed E-state index contributed by atoms with van der Waals surface area (Å²) < 4.78 is 0. The van der Waals surface area contributed by atoms with E-state index in [4.69, 9.17) is 4.98 Å². The summed E-state index contributed by atoms with van der Waals surface area (Å²) in [6.07, 6.45) is 4.45. The number of fused-ring (bicyclic) bond motifs is 3. The highest BCUT2D eigenvalue weighted by Gasteiger charge is 2.59. The molecule has 0 unspecified atom stereocenters. The number of imidazole rings is 1. The topological polar surface area (TPSA) is 69.3 Å². The predicted molar refractivity (Wildman–Crippen MR) is 106 cm³/mol. The molecular formula is C22H26N4O2. The van der Waals surface area contributed by atoms with E-state index in [0.717, 1.165) is 35.6 Å². The number of carbonyl (C=O) groups excluding carboxylic acids is 2. The van der Waals surface area contributed by atoms with Crippen molar-refractivity contribution in [3.05, 3.63) is 47.0 Å². The number of rotatable bonds is 3. The molecule has 1 aliphatic carbocycles. The number of nitrogens with zero attached hydrogens (tertiary/aromatic N) is 3. The third kappa shape index (κ3) is 2.43. The summed E-state index contributed by atoms with van der Waals surface area (Å²) in [5, 5.41) is 0. The molecule has 6 heteroatoms. The lowest BCUT2D eigenvalue weighted by Gasteiger charge is -2.47. The van der Waals surface area contributed by atoms with Gasteiger partial charge < -0.3 is 14.8 Å². The summed E-state index contributed by atoms with van der Waals surface area (Å²) in [7, 11) is 0. The van der Waals surface area contributed by atoms with E-state index < -0.39 is 5.41 Å². The number of likely N-dealkylation sites (tertiary alicyclic amines) is 1. The number of benzene rings is 1. The van der Waals surface area contributed by atoms with Crippen LogP contribution in [0.4, 0.5) is 5.69 Å². The van der Waals surface area contributed by atoms with Gasteiger partial charge in [-0.15, -0.1) is 0 Å². The molecule has 1 aromatic carbocycles. The number of amides is 2. The molecule has 1 aromatic heterocycles. The lowest BCUT2D eigenvalue weighted by Crippen LogP contribution is -2.65. The van der Waals surface area contributed by atoms with E-state index in [1.165, 1.54) is 18.5 Å². The van der Waals surface area contributed by atoms with Crippen LogP contribution in [0.1, 0.15) is 49.5 Å². The summed E-state index contributed by atoms with van der Waals surface area (Å²) >= 11 is 0. The van der Waals surface area contributed by atoms with Gasteiger partial charge in [0, 0.05) is 30.4 Å². The van der Waals surface area contributed by atoms with Crippen LogP contribution in [0.3, 0.4) is 0 Å². The molecule has 0 atom stereocenters. The maximum atomic E-state index is 13.5. The zero-order chi connectivity index (χ0) is 19.5. The van der Waals surface area contributed by atoms with E-state index in [2.05, 4.69) is 4.98 Å². The molecule has 5 rings (SSSR count). The van der Waals surface area contributed by atoms with Crippen LogP contribution >= 0.6 is 0 Å². The number of nitrogens with one attached hydrogen (secondary N) is 1. The van der Waals surface area contributed by atoms with Gasteiger partial charge in [0.2, 0.25) is 11.8 Å². The van der Waals surface area contributed by atoms with Gasteiger partial charge in [-0.1, -0.05) is 32.0 Å². The number of aromatic amines is 1. The second kappa shape index (κ2) is 6.19. The minimum absolute atomic E-state index is 0.0466. The molecule has 0 radical (unpaired) electrons.